The second-order valence-corrected chi connectivity index (χ2v) is 7.81. The Morgan fingerprint density at radius 1 is 1.08 bits per heavy atom. The summed E-state index contributed by atoms with van der Waals surface area (Å²) in [5.41, 5.74) is 6.95. The van der Waals surface area contributed by atoms with Crippen LogP contribution in [0.5, 0.6) is 0 Å². The lowest BCUT2D eigenvalue weighted by atomic mass is 9.95. The van der Waals surface area contributed by atoms with Gasteiger partial charge in [-0.05, 0) is 36.8 Å². The number of hydrogen-bond acceptors (Lipinski definition) is 3. The first-order chi connectivity index (χ1) is 11.2. The summed E-state index contributed by atoms with van der Waals surface area (Å²) >= 11 is 5.87. The molecule has 0 bridgehead atoms. The molecule has 7 heteroatoms. The van der Waals surface area contributed by atoms with E-state index in [1.165, 1.54) is 12.1 Å². The van der Waals surface area contributed by atoms with Crippen LogP contribution in [-0.4, -0.2) is 14.3 Å². The first-order valence-electron chi connectivity index (χ1n) is 7.34. The lowest BCUT2D eigenvalue weighted by molar-refractivity contribution is -0.122. The van der Waals surface area contributed by atoms with Gasteiger partial charge in [0.25, 0.3) is 0 Å². The predicted octanol–water partition coefficient (Wildman–Crippen LogP) is 2.79. The first kappa shape index (κ1) is 18.4. The van der Waals surface area contributed by atoms with Gasteiger partial charge >= 0.3 is 0 Å². The fraction of sp³-hybridized carbons (Fsp3) is 0.235. The molecule has 3 N–H and O–H groups in total. The average molecular weight is 367 g/mol. The van der Waals surface area contributed by atoms with Crippen LogP contribution < -0.4 is 10.5 Å². The highest BCUT2D eigenvalue weighted by Gasteiger charge is 2.29. The summed E-state index contributed by atoms with van der Waals surface area (Å²) in [6, 6.07) is 12.3. The Bertz CT molecular complexity index is 818. The molecule has 2 rings (SSSR count). The molecule has 0 unspecified atom stereocenters. The number of benzene rings is 2. The molecule has 0 saturated carbocycles. The number of nitrogens with one attached hydrogen (secondary N) is 1. The fourth-order valence-corrected chi connectivity index (χ4v) is 3.68. The van der Waals surface area contributed by atoms with Gasteiger partial charge in [0.1, 0.15) is 0 Å². The highest BCUT2D eigenvalue weighted by atomic mass is 35.5. The Morgan fingerprint density at radius 2 is 1.62 bits per heavy atom. The SMILES string of the molecule is Cc1ccc(S(=O)(=O)N[C@H](c2ccc(Cl)cc2)[C@@H](C)C(N)=O)cc1. The van der Waals surface area contributed by atoms with E-state index in [4.69, 9.17) is 17.3 Å². The molecule has 0 fully saturated rings. The molecule has 0 aliphatic rings. The molecular weight excluding hydrogens is 348 g/mol. The third kappa shape index (κ3) is 4.35. The number of hydrogen-bond donors (Lipinski definition) is 2. The highest BCUT2D eigenvalue weighted by Crippen LogP contribution is 2.26. The Morgan fingerprint density at radius 3 is 2.12 bits per heavy atom. The van der Waals surface area contributed by atoms with Crippen molar-refractivity contribution in [2.45, 2.75) is 24.8 Å². The van der Waals surface area contributed by atoms with E-state index in [0.717, 1.165) is 5.56 Å². The fourth-order valence-electron chi connectivity index (χ4n) is 2.25. The Balaban J connectivity index is 2.39. The topological polar surface area (TPSA) is 89.3 Å². The largest absolute Gasteiger partial charge is 0.369 e. The number of aryl methyl sites for hydroxylation is 1. The van der Waals surface area contributed by atoms with E-state index in [0.29, 0.717) is 10.6 Å². The zero-order valence-electron chi connectivity index (χ0n) is 13.4. The van der Waals surface area contributed by atoms with Gasteiger partial charge in [0, 0.05) is 5.02 Å². The monoisotopic (exact) mass is 366 g/mol. The van der Waals surface area contributed by atoms with Crippen LogP contribution in [0.4, 0.5) is 0 Å². The molecule has 0 heterocycles. The van der Waals surface area contributed by atoms with Crippen molar-refractivity contribution in [1.29, 1.82) is 0 Å². The lowest BCUT2D eigenvalue weighted by Crippen LogP contribution is -2.38. The van der Waals surface area contributed by atoms with Crippen molar-refractivity contribution in [3.8, 4) is 0 Å². The van der Waals surface area contributed by atoms with Crippen LogP contribution in [0.3, 0.4) is 0 Å². The molecule has 0 saturated heterocycles. The van der Waals surface area contributed by atoms with Gasteiger partial charge in [-0.1, -0.05) is 48.4 Å². The second kappa shape index (κ2) is 7.34. The summed E-state index contributed by atoms with van der Waals surface area (Å²) in [4.78, 5) is 11.7. The lowest BCUT2D eigenvalue weighted by Gasteiger charge is -2.23. The van der Waals surface area contributed by atoms with Crippen LogP contribution in [0.15, 0.2) is 53.4 Å². The van der Waals surface area contributed by atoms with Crippen molar-refractivity contribution < 1.29 is 13.2 Å². The number of primary amides is 1. The van der Waals surface area contributed by atoms with Gasteiger partial charge in [-0.2, -0.15) is 0 Å². The number of sulfonamides is 1. The van der Waals surface area contributed by atoms with Gasteiger partial charge in [0.15, 0.2) is 0 Å². The molecule has 1 amide bonds. The van der Waals surface area contributed by atoms with Crippen LogP contribution in [0.1, 0.15) is 24.1 Å². The van der Waals surface area contributed by atoms with Gasteiger partial charge in [0.2, 0.25) is 15.9 Å². The maximum atomic E-state index is 12.6. The molecule has 2 aromatic carbocycles. The summed E-state index contributed by atoms with van der Waals surface area (Å²) in [5, 5.41) is 0.519. The van der Waals surface area contributed by atoms with E-state index < -0.39 is 27.9 Å². The molecule has 0 aliphatic heterocycles. The Hall–Kier alpha value is -1.89. The molecule has 0 aromatic heterocycles. The minimum Gasteiger partial charge on any atom is -0.369 e. The summed E-state index contributed by atoms with van der Waals surface area (Å²) in [7, 11) is -3.80. The van der Waals surface area contributed by atoms with E-state index in [1.54, 1.807) is 43.3 Å². The smallest absolute Gasteiger partial charge is 0.241 e. The van der Waals surface area contributed by atoms with E-state index >= 15 is 0 Å². The van der Waals surface area contributed by atoms with Crippen molar-refractivity contribution in [2.75, 3.05) is 0 Å². The van der Waals surface area contributed by atoms with Crippen molar-refractivity contribution in [3.63, 3.8) is 0 Å². The van der Waals surface area contributed by atoms with E-state index in [2.05, 4.69) is 4.72 Å². The van der Waals surface area contributed by atoms with Crippen LogP contribution in [0.25, 0.3) is 0 Å². The number of carbonyl (C=O) groups excluding carboxylic acids is 1. The summed E-state index contributed by atoms with van der Waals surface area (Å²) in [6.07, 6.45) is 0. The van der Waals surface area contributed by atoms with E-state index in [9.17, 15) is 13.2 Å². The van der Waals surface area contributed by atoms with Crippen molar-refractivity contribution in [3.05, 3.63) is 64.7 Å². The van der Waals surface area contributed by atoms with Gasteiger partial charge in [0.05, 0.1) is 16.9 Å². The maximum absolute atomic E-state index is 12.6. The van der Waals surface area contributed by atoms with Gasteiger partial charge in [-0.3, -0.25) is 4.79 Å². The summed E-state index contributed by atoms with van der Waals surface area (Å²) in [6.45, 7) is 3.45. The summed E-state index contributed by atoms with van der Waals surface area (Å²) in [5.74, 6) is -1.33. The molecule has 2 atom stereocenters. The molecule has 24 heavy (non-hydrogen) atoms. The zero-order valence-corrected chi connectivity index (χ0v) is 14.9. The van der Waals surface area contributed by atoms with Crippen molar-refractivity contribution in [1.82, 2.24) is 4.72 Å². The van der Waals surface area contributed by atoms with E-state index in [1.807, 2.05) is 6.92 Å². The second-order valence-electron chi connectivity index (χ2n) is 5.65. The van der Waals surface area contributed by atoms with Gasteiger partial charge in [-0.15, -0.1) is 0 Å². The quantitative estimate of drug-likeness (QED) is 0.823. The zero-order chi connectivity index (χ0) is 17.9. The first-order valence-corrected chi connectivity index (χ1v) is 9.20. The minimum absolute atomic E-state index is 0.128. The third-order valence-corrected chi connectivity index (χ3v) is 5.50. The predicted molar refractivity (Wildman–Crippen MR) is 94.1 cm³/mol. The number of rotatable bonds is 6. The van der Waals surface area contributed by atoms with Gasteiger partial charge < -0.3 is 5.73 Å². The number of nitrogens with two attached hydrogens (primary N) is 1. The Labute approximate surface area is 146 Å². The number of amides is 1. The van der Waals surface area contributed by atoms with Crippen LogP contribution in [-0.2, 0) is 14.8 Å². The molecule has 0 aliphatic carbocycles. The molecule has 5 nitrogen and oxygen atoms in total. The van der Waals surface area contributed by atoms with Crippen LogP contribution in [0, 0.1) is 12.8 Å². The van der Waals surface area contributed by atoms with Gasteiger partial charge in [-0.25, -0.2) is 13.1 Å². The molecule has 0 radical (unpaired) electrons. The van der Waals surface area contributed by atoms with E-state index in [-0.39, 0.29) is 4.90 Å². The van der Waals surface area contributed by atoms with Crippen LogP contribution >= 0.6 is 11.6 Å². The average Bonchev–Trinajstić information content (AvgIpc) is 2.53. The number of carbonyl (C=O) groups is 1. The van der Waals surface area contributed by atoms with Crippen molar-refractivity contribution >= 4 is 27.5 Å². The number of halogens is 1. The summed E-state index contributed by atoms with van der Waals surface area (Å²) < 4.78 is 27.8. The highest BCUT2D eigenvalue weighted by molar-refractivity contribution is 7.89. The Kier molecular flexibility index (Phi) is 5.64. The molecular formula is C17H19ClN2O3S. The van der Waals surface area contributed by atoms with Crippen molar-refractivity contribution in [2.24, 2.45) is 11.7 Å². The normalized spacial score (nSPS) is 14.1. The maximum Gasteiger partial charge on any atom is 0.241 e. The third-order valence-electron chi connectivity index (χ3n) is 3.79. The minimum atomic E-state index is -3.80. The molecule has 2 aromatic rings. The standard InChI is InChI=1S/C17H19ClN2O3S/c1-11-3-9-15(10-4-11)24(22,23)20-16(12(2)17(19)21)13-5-7-14(18)8-6-13/h3-10,12,16,20H,1-2H3,(H2,19,21)/t12-,16+/m1/s1. The molecule has 0 spiro atoms. The van der Waals surface area contributed by atoms with Crippen LogP contribution in [0.2, 0.25) is 5.02 Å². The molecule has 128 valence electrons.